The first-order chi connectivity index (χ1) is 11.5. The van der Waals surface area contributed by atoms with Gasteiger partial charge in [-0.15, -0.1) is 0 Å². The Kier molecular flexibility index (Phi) is 4.89. The predicted molar refractivity (Wildman–Crippen MR) is 86.7 cm³/mol. The molecule has 3 rings (SSSR count). The highest BCUT2D eigenvalue weighted by atomic mass is 19.4. The van der Waals surface area contributed by atoms with Gasteiger partial charge >= 0.3 is 6.18 Å². The van der Waals surface area contributed by atoms with Crippen LogP contribution in [-0.4, -0.2) is 47.3 Å². The molecule has 1 aliphatic heterocycles. The number of hydrazone groups is 1. The predicted octanol–water partition coefficient (Wildman–Crippen LogP) is 3.19. The van der Waals surface area contributed by atoms with Crippen molar-refractivity contribution in [3.8, 4) is 0 Å². The van der Waals surface area contributed by atoms with Gasteiger partial charge in [0.15, 0.2) is 0 Å². The van der Waals surface area contributed by atoms with E-state index in [1.165, 1.54) is 17.8 Å². The largest absolute Gasteiger partial charge is 0.416 e. The third-order valence-corrected chi connectivity index (χ3v) is 4.01. The lowest BCUT2D eigenvalue weighted by molar-refractivity contribution is -0.137. The minimum atomic E-state index is -4.30. The van der Waals surface area contributed by atoms with Crippen molar-refractivity contribution in [3.05, 3.63) is 59.4 Å². The van der Waals surface area contributed by atoms with Gasteiger partial charge in [0.2, 0.25) is 0 Å². The Morgan fingerprint density at radius 1 is 1.04 bits per heavy atom. The summed E-state index contributed by atoms with van der Waals surface area (Å²) in [6.45, 7) is 4.31. The second kappa shape index (κ2) is 7.09. The first-order valence-electron chi connectivity index (χ1n) is 7.81. The molecule has 2 heterocycles. The third-order valence-electron chi connectivity index (χ3n) is 4.01. The van der Waals surface area contributed by atoms with Gasteiger partial charge in [0.05, 0.1) is 11.8 Å². The van der Waals surface area contributed by atoms with Crippen molar-refractivity contribution in [2.45, 2.75) is 12.7 Å². The lowest BCUT2D eigenvalue weighted by atomic mass is 10.1. The molecule has 4 nitrogen and oxygen atoms in total. The van der Waals surface area contributed by atoms with Gasteiger partial charge in [0.25, 0.3) is 0 Å². The van der Waals surface area contributed by atoms with Gasteiger partial charge in [0.1, 0.15) is 0 Å². The van der Waals surface area contributed by atoms with Crippen LogP contribution in [0, 0.1) is 0 Å². The zero-order valence-corrected chi connectivity index (χ0v) is 13.1. The molecule has 0 spiro atoms. The highest BCUT2D eigenvalue weighted by Crippen LogP contribution is 2.28. The fourth-order valence-corrected chi connectivity index (χ4v) is 2.62. The van der Waals surface area contributed by atoms with Gasteiger partial charge in [-0.3, -0.25) is 9.91 Å². The molecule has 0 amide bonds. The van der Waals surface area contributed by atoms with E-state index in [2.05, 4.69) is 21.1 Å². The van der Waals surface area contributed by atoms with E-state index in [1.54, 1.807) is 6.21 Å². The molecule has 2 aromatic rings. The molecule has 0 unspecified atom stereocenters. The molecule has 24 heavy (non-hydrogen) atoms. The number of hydrogen-bond acceptors (Lipinski definition) is 3. The highest BCUT2D eigenvalue weighted by Gasteiger charge is 2.29. The topological polar surface area (TPSA) is 34.6 Å². The average Bonchev–Trinajstić information content (AvgIpc) is 3.07. The Hall–Kier alpha value is -2.28. The number of halogens is 3. The molecular weight excluding hydrogens is 317 g/mol. The zero-order valence-electron chi connectivity index (χ0n) is 13.1. The Morgan fingerprint density at radius 2 is 1.75 bits per heavy atom. The van der Waals surface area contributed by atoms with Crippen molar-refractivity contribution in [3.63, 3.8) is 0 Å². The number of alkyl halides is 3. The summed E-state index contributed by atoms with van der Waals surface area (Å²) >= 11 is 0. The van der Waals surface area contributed by atoms with Crippen molar-refractivity contribution >= 4 is 6.21 Å². The molecule has 1 fully saturated rings. The van der Waals surface area contributed by atoms with Crippen LogP contribution in [0.1, 0.15) is 16.8 Å². The van der Waals surface area contributed by atoms with Crippen LogP contribution >= 0.6 is 0 Å². The quantitative estimate of drug-likeness (QED) is 0.870. The maximum absolute atomic E-state index is 12.5. The van der Waals surface area contributed by atoms with Gasteiger partial charge in [-0.1, -0.05) is 12.1 Å². The smallest absolute Gasteiger partial charge is 0.364 e. The number of nitrogens with zero attached hydrogens (tertiary/aromatic N) is 3. The van der Waals surface area contributed by atoms with Crippen molar-refractivity contribution in [2.24, 2.45) is 5.10 Å². The van der Waals surface area contributed by atoms with Crippen LogP contribution in [-0.2, 0) is 12.7 Å². The van der Waals surface area contributed by atoms with Crippen molar-refractivity contribution < 1.29 is 13.2 Å². The standard InChI is InChI=1S/C17H19F3N4/c18-17(19,20)15-5-3-14(4-6-15)12-22-24-10-8-23(9-11-24)13-16-2-1-7-21-16/h1-7,12,21H,8-11,13H2. The molecular formula is C17H19F3N4. The van der Waals surface area contributed by atoms with E-state index >= 15 is 0 Å². The van der Waals surface area contributed by atoms with E-state index in [9.17, 15) is 13.2 Å². The van der Waals surface area contributed by atoms with Crippen molar-refractivity contribution in [1.82, 2.24) is 14.9 Å². The number of rotatable bonds is 4. The Balaban J connectivity index is 1.49. The monoisotopic (exact) mass is 336 g/mol. The molecule has 7 heteroatoms. The van der Waals surface area contributed by atoms with Crippen LogP contribution in [0.2, 0.25) is 0 Å². The maximum Gasteiger partial charge on any atom is 0.416 e. The fraction of sp³-hybridized carbons (Fsp3) is 0.353. The van der Waals surface area contributed by atoms with E-state index in [-0.39, 0.29) is 0 Å². The van der Waals surface area contributed by atoms with Crippen LogP contribution < -0.4 is 0 Å². The van der Waals surface area contributed by atoms with Crippen LogP contribution in [0.4, 0.5) is 13.2 Å². The Labute approximate surface area is 138 Å². The first-order valence-corrected chi connectivity index (χ1v) is 7.81. The molecule has 1 N–H and O–H groups in total. The van der Waals surface area contributed by atoms with E-state index < -0.39 is 11.7 Å². The molecule has 1 aromatic carbocycles. The molecule has 0 radical (unpaired) electrons. The summed E-state index contributed by atoms with van der Waals surface area (Å²) in [4.78, 5) is 5.54. The lowest BCUT2D eigenvalue weighted by Gasteiger charge is -2.32. The molecule has 1 saturated heterocycles. The zero-order chi connectivity index (χ0) is 17.0. The second-order valence-corrected chi connectivity index (χ2v) is 5.79. The first kappa shape index (κ1) is 16.6. The van der Waals surface area contributed by atoms with Gasteiger partial charge in [-0.05, 0) is 29.8 Å². The molecule has 1 aliphatic rings. The SMILES string of the molecule is FC(F)(F)c1ccc(C=NN2CCN(Cc3ccc[nH]3)CC2)cc1. The van der Waals surface area contributed by atoms with Crippen molar-refractivity contribution in [2.75, 3.05) is 26.2 Å². The van der Waals surface area contributed by atoms with Crippen LogP contribution in [0.25, 0.3) is 0 Å². The van der Waals surface area contributed by atoms with Crippen LogP contribution in [0.3, 0.4) is 0 Å². The number of benzene rings is 1. The van der Waals surface area contributed by atoms with Gasteiger partial charge in [-0.25, -0.2) is 0 Å². The summed E-state index contributed by atoms with van der Waals surface area (Å²) in [6, 6.07) is 9.09. The van der Waals surface area contributed by atoms with E-state index in [0.717, 1.165) is 44.9 Å². The van der Waals surface area contributed by atoms with Gasteiger partial charge < -0.3 is 4.98 Å². The molecule has 0 atom stereocenters. The summed E-state index contributed by atoms with van der Waals surface area (Å²) in [7, 11) is 0. The highest BCUT2D eigenvalue weighted by molar-refractivity contribution is 5.79. The number of H-pyrrole nitrogens is 1. The molecule has 128 valence electrons. The molecule has 0 saturated carbocycles. The minimum Gasteiger partial charge on any atom is -0.364 e. The maximum atomic E-state index is 12.5. The Bertz CT molecular complexity index is 654. The lowest BCUT2D eigenvalue weighted by Crippen LogP contribution is -2.43. The fourth-order valence-electron chi connectivity index (χ4n) is 2.62. The Morgan fingerprint density at radius 3 is 2.33 bits per heavy atom. The van der Waals surface area contributed by atoms with Crippen LogP contribution in [0.15, 0.2) is 47.7 Å². The number of aromatic nitrogens is 1. The van der Waals surface area contributed by atoms with E-state index in [0.29, 0.717) is 5.56 Å². The van der Waals surface area contributed by atoms with E-state index in [4.69, 9.17) is 0 Å². The number of aromatic amines is 1. The summed E-state index contributed by atoms with van der Waals surface area (Å²) in [5, 5.41) is 6.32. The van der Waals surface area contributed by atoms with Crippen molar-refractivity contribution in [1.29, 1.82) is 0 Å². The normalized spacial score (nSPS) is 16.9. The number of piperazine rings is 1. The van der Waals surface area contributed by atoms with E-state index in [1.807, 2.05) is 17.3 Å². The second-order valence-electron chi connectivity index (χ2n) is 5.79. The number of hydrogen-bond donors (Lipinski definition) is 1. The summed E-state index contributed by atoms with van der Waals surface area (Å²) in [5.74, 6) is 0. The molecule has 0 bridgehead atoms. The van der Waals surface area contributed by atoms with Gasteiger partial charge in [0, 0.05) is 44.6 Å². The summed E-state index contributed by atoms with van der Waals surface area (Å²) in [6.07, 6.45) is -0.772. The molecule has 1 aromatic heterocycles. The minimum absolute atomic E-state index is 0.641. The van der Waals surface area contributed by atoms with Crippen LogP contribution in [0.5, 0.6) is 0 Å². The number of nitrogens with one attached hydrogen (secondary N) is 1. The van der Waals surface area contributed by atoms with Gasteiger partial charge in [-0.2, -0.15) is 18.3 Å². The summed E-state index contributed by atoms with van der Waals surface area (Å²) < 4.78 is 37.6. The average molecular weight is 336 g/mol. The molecule has 0 aliphatic carbocycles. The summed E-state index contributed by atoms with van der Waals surface area (Å²) in [5.41, 5.74) is 1.21. The third kappa shape index (κ3) is 4.38.